The lowest BCUT2D eigenvalue weighted by atomic mass is 9.98. The van der Waals surface area contributed by atoms with Crippen molar-refractivity contribution in [3.63, 3.8) is 0 Å². The van der Waals surface area contributed by atoms with E-state index in [1.54, 1.807) is 0 Å². The molecule has 5 heteroatoms. The first-order chi connectivity index (χ1) is 12.0. The number of piperidine rings is 2. The van der Waals surface area contributed by atoms with E-state index in [4.69, 9.17) is 0 Å². The van der Waals surface area contributed by atoms with Crippen molar-refractivity contribution in [2.24, 2.45) is 0 Å². The fraction of sp³-hybridized carbons (Fsp3) is 0.650. The predicted molar refractivity (Wildman–Crippen MR) is 101 cm³/mol. The molecule has 2 aliphatic heterocycles. The second-order valence-electron chi connectivity index (χ2n) is 7.64. The van der Waals surface area contributed by atoms with Gasteiger partial charge in [-0.05, 0) is 49.9 Å². The van der Waals surface area contributed by atoms with Crippen LogP contribution in [0.2, 0.25) is 0 Å². The van der Waals surface area contributed by atoms with Gasteiger partial charge in [0.15, 0.2) is 0 Å². The number of aliphatic hydroxyl groups excluding tert-OH is 1. The van der Waals surface area contributed by atoms with Gasteiger partial charge in [-0.25, -0.2) is 0 Å². The molecule has 0 bridgehead atoms. The highest BCUT2D eigenvalue weighted by molar-refractivity contribution is 5.79. The van der Waals surface area contributed by atoms with Crippen LogP contribution in [0.25, 0.3) is 0 Å². The van der Waals surface area contributed by atoms with Gasteiger partial charge in [0.2, 0.25) is 5.91 Å². The van der Waals surface area contributed by atoms with Crippen molar-refractivity contribution in [3.8, 4) is 0 Å². The molecule has 1 atom stereocenters. The van der Waals surface area contributed by atoms with Gasteiger partial charge in [-0.3, -0.25) is 9.69 Å². The fourth-order valence-electron chi connectivity index (χ4n) is 3.99. The number of carbonyl (C=O) groups excluding carboxylic acids is 1. The van der Waals surface area contributed by atoms with Gasteiger partial charge in [0.1, 0.15) is 0 Å². The largest absolute Gasteiger partial charge is 0.392 e. The van der Waals surface area contributed by atoms with Crippen molar-refractivity contribution in [1.82, 2.24) is 9.80 Å². The maximum atomic E-state index is 12.6. The maximum absolute atomic E-state index is 12.6. The molecular formula is C20H31N3O2. The number of β-amino-alcohol motifs (C(OH)–C–C–N with tert-alkyl or cyclic N) is 1. The second-order valence-corrected chi connectivity index (χ2v) is 7.64. The molecule has 2 fully saturated rings. The Balaban J connectivity index is 1.48. The van der Waals surface area contributed by atoms with Crippen LogP contribution in [0.3, 0.4) is 0 Å². The van der Waals surface area contributed by atoms with Gasteiger partial charge in [0, 0.05) is 45.5 Å². The highest BCUT2D eigenvalue weighted by Crippen LogP contribution is 2.22. The number of hydrogen-bond donors (Lipinski definition) is 1. The van der Waals surface area contributed by atoms with E-state index in [0.29, 0.717) is 12.5 Å². The molecule has 0 aliphatic carbocycles. The van der Waals surface area contributed by atoms with E-state index in [-0.39, 0.29) is 12.0 Å². The van der Waals surface area contributed by atoms with E-state index in [9.17, 15) is 9.90 Å². The van der Waals surface area contributed by atoms with Crippen molar-refractivity contribution >= 4 is 11.6 Å². The Kier molecular flexibility index (Phi) is 5.97. The summed E-state index contributed by atoms with van der Waals surface area (Å²) in [4.78, 5) is 19.1. The van der Waals surface area contributed by atoms with E-state index in [1.165, 1.54) is 0 Å². The third kappa shape index (κ3) is 4.73. The first-order valence-electron chi connectivity index (χ1n) is 9.49. The molecule has 2 aliphatic rings. The minimum Gasteiger partial charge on any atom is -0.392 e. The van der Waals surface area contributed by atoms with Crippen molar-refractivity contribution in [2.45, 2.75) is 44.2 Å². The first kappa shape index (κ1) is 18.2. The van der Waals surface area contributed by atoms with E-state index < -0.39 is 0 Å². The van der Waals surface area contributed by atoms with Gasteiger partial charge in [-0.1, -0.05) is 12.1 Å². The minimum atomic E-state index is -0.168. The van der Waals surface area contributed by atoms with Crippen LogP contribution in [0.4, 0.5) is 5.69 Å². The van der Waals surface area contributed by atoms with Crippen LogP contribution in [0.15, 0.2) is 24.3 Å². The van der Waals surface area contributed by atoms with Gasteiger partial charge < -0.3 is 14.9 Å². The third-order valence-corrected chi connectivity index (χ3v) is 5.57. The van der Waals surface area contributed by atoms with E-state index >= 15 is 0 Å². The van der Waals surface area contributed by atoms with Crippen LogP contribution in [-0.2, 0) is 11.2 Å². The molecule has 5 nitrogen and oxygen atoms in total. The minimum absolute atomic E-state index is 0.168. The molecule has 1 N–H and O–H groups in total. The molecule has 1 unspecified atom stereocenters. The van der Waals surface area contributed by atoms with Crippen LogP contribution < -0.4 is 4.90 Å². The number of hydrogen-bond acceptors (Lipinski definition) is 4. The summed E-state index contributed by atoms with van der Waals surface area (Å²) >= 11 is 0. The number of amides is 1. The van der Waals surface area contributed by atoms with Gasteiger partial charge in [-0.2, -0.15) is 0 Å². The van der Waals surface area contributed by atoms with Crippen LogP contribution in [0, 0.1) is 0 Å². The zero-order chi connectivity index (χ0) is 17.8. The summed E-state index contributed by atoms with van der Waals surface area (Å²) in [6, 6.07) is 8.76. The Morgan fingerprint density at radius 3 is 2.40 bits per heavy atom. The quantitative estimate of drug-likeness (QED) is 0.903. The molecule has 0 radical (unpaired) electrons. The number of carbonyl (C=O) groups is 1. The molecule has 0 saturated carbocycles. The molecule has 25 heavy (non-hydrogen) atoms. The van der Waals surface area contributed by atoms with E-state index in [2.05, 4.69) is 34.1 Å². The van der Waals surface area contributed by atoms with Crippen LogP contribution in [-0.4, -0.2) is 73.2 Å². The second kappa shape index (κ2) is 8.19. The Hall–Kier alpha value is -1.59. The zero-order valence-electron chi connectivity index (χ0n) is 15.5. The smallest absolute Gasteiger partial charge is 0.226 e. The Morgan fingerprint density at radius 2 is 1.80 bits per heavy atom. The van der Waals surface area contributed by atoms with Gasteiger partial charge >= 0.3 is 0 Å². The molecule has 138 valence electrons. The Labute approximate surface area is 151 Å². The number of anilines is 1. The van der Waals surface area contributed by atoms with E-state index in [1.807, 2.05) is 19.0 Å². The van der Waals surface area contributed by atoms with Crippen molar-refractivity contribution < 1.29 is 9.90 Å². The summed E-state index contributed by atoms with van der Waals surface area (Å²) in [5.41, 5.74) is 2.23. The number of benzene rings is 1. The lowest BCUT2D eigenvalue weighted by Gasteiger charge is -2.41. The lowest BCUT2D eigenvalue weighted by Crippen LogP contribution is -2.50. The Morgan fingerprint density at radius 1 is 1.12 bits per heavy atom. The molecule has 2 saturated heterocycles. The molecule has 3 rings (SSSR count). The van der Waals surface area contributed by atoms with Crippen LogP contribution in [0.5, 0.6) is 0 Å². The number of rotatable bonds is 4. The first-order valence-corrected chi connectivity index (χ1v) is 9.49. The van der Waals surface area contributed by atoms with Crippen LogP contribution >= 0.6 is 0 Å². The van der Waals surface area contributed by atoms with E-state index in [0.717, 1.165) is 63.1 Å². The normalized spacial score (nSPS) is 22.8. The average molecular weight is 345 g/mol. The standard InChI is InChI=1S/C20H31N3O2/c1-21(2)17-7-5-16(6-8-17)14-20(25)22-12-9-18(10-13-22)23-11-3-4-19(24)15-23/h5-8,18-19,24H,3-4,9-15H2,1-2H3. The third-order valence-electron chi connectivity index (χ3n) is 5.57. The summed E-state index contributed by atoms with van der Waals surface area (Å²) in [6.45, 7) is 3.57. The highest BCUT2D eigenvalue weighted by atomic mass is 16.3. The van der Waals surface area contributed by atoms with Crippen molar-refractivity contribution in [2.75, 3.05) is 45.2 Å². The molecule has 0 aromatic heterocycles. The predicted octanol–water partition coefficient (Wildman–Crippen LogP) is 1.74. The summed E-state index contributed by atoms with van der Waals surface area (Å²) < 4.78 is 0. The molecular weight excluding hydrogens is 314 g/mol. The molecule has 1 aromatic carbocycles. The van der Waals surface area contributed by atoms with Gasteiger partial charge in [0.05, 0.1) is 12.5 Å². The average Bonchev–Trinajstić information content (AvgIpc) is 2.62. The molecule has 1 aromatic rings. The molecule has 1 amide bonds. The topological polar surface area (TPSA) is 47.0 Å². The molecule has 0 spiro atoms. The number of likely N-dealkylation sites (tertiary alicyclic amines) is 2. The highest BCUT2D eigenvalue weighted by Gasteiger charge is 2.29. The summed E-state index contributed by atoms with van der Waals surface area (Å²) in [5, 5.41) is 9.86. The van der Waals surface area contributed by atoms with Crippen molar-refractivity contribution in [1.29, 1.82) is 0 Å². The fourth-order valence-corrected chi connectivity index (χ4v) is 3.99. The summed E-state index contributed by atoms with van der Waals surface area (Å²) in [7, 11) is 4.04. The molecule has 2 heterocycles. The van der Waals surface area contributed by atoms with Gasteiger partial charge in [0.25, 0.3) is 0 Å². The van der Waals surface area contributed by atoms with Gasteiger partial charge in [-0.15, -0.1) is 0 Å². The number of aliphatic hydroxyl groups is 1. The SMILES string of the molecule is CN(C)c1ccc(CC(=O)N2CCC(N3CCCC(O)C3)CC2)cc1. The lowest BCUT2D eigenvalue weighted by molar-refractivity contribution is -0.132. The van der Waals surface area contributed by atoms with Crippen molar-refractivity contribution in [3.05, 3.63) is 29.8 Å². The zero-order valence-corrected chi connectivity index (χ0v) is 15.5. The monoisotopic (exact) mass is 345 g/mol. The van der Waals surface area contributed by atoms with Crippen LogP contribution in [0.1, 0.15) is 31.2 Å². The number of nitrogens with zero attached hydrogens (tertiary/aromatic N) is 3. The maximum Gasteiger partial charge on any atom is 0.226 e. The Bertz CT molecular complexity index is 565. The summed E-state index contributed by atoms with van der Waals surface area (Å²) in [6.07, 6.45) is 4.39. The summed E-state index contributed by atoms with van der Waals surface area (Å²) in [5.74, 6) is 0.231.